The van der Waals surface area contributed by atoms with Gasteiger partial charge >= 0.3 is 5.97 Å². The Labute approximate surface area is 114 Å². The number of carbonyl (C=O) groups excluding carboxylic acids is 1. The molecule has 0 saturated carbocycles. The summed E-state index contributed by atoms with van der Waals surface area (Å²) in [6.45, 7) is 0.206. The predicted octanol–water partition coefficient (Wildman–Crippen LogP) is 0.853. The van der Waals surface area contributed by atoms with Gasteiger partial charge in [0.25, 0.3) is 0 Å². The predicted molar refractivity (Wildman–Crippen MR) is 68.8 cm³/mol. The van der Waals surface area contributed by atoms with Gasteiger partial charge in [-0.1, -0.05) is 17.3 Å². The molecule has 0 radical (unpaired) electrons. The number of aromatic nitrogens is 3. The van der Waals surface area contributed by atoms with Gasteiger partial charge in [0, 0.05) is 7.11 Å². The van der Waals surface area contributed by atoms with Crippen LogP contribution in [0.25, 0.3) is 5.69 Å². The first-order valence-electron chi connectivity index (χ1n) is 5.85. The van der Waals surface area contributed by atoms with Gasteiger partial charge in [0.05, 0.1) is 18.7 Å². The van der Waals surface area contributed by atoms with E-state index in [0.717, 1.165) is 0 Å². The Morgan fingerprint density at radius 3 is 2.65 bits per heavy atom. The van der Waals surface area contributed by atoms with E-state index in [1.54, 1.807) is 24.3 Å². The SMILES string of the molecule is COCc1c(C=O)nnn1-c1ccc(CC(=O)O)cc1. The quantitative estimate of drug-likeness (QED) is 0.785. The number of rotatable bonds is 6. The minimum absolute atomic E-state index is 0.0395. The maximum atomic E-state index is 10.9. The van der Waals surface area contributed by atoms with Crippen molar-refractivity contribution in [1.29, 1.82) is 0 Å². The first-order chi connectivity index (χ1) is 9.65. The lowest BCUT2D eigenvalue weighted by atomic mass is 10.1. The third-order valence-electron chi connectivity index (χ3n) is 2.72. The van der Waals surface area contributed by atoms with Gasteiger partial charge in [-0.25, -0.2) is 4.68 Å². The van der Waals surface area contributed by atoms with Crippen molar-refractivity contribution in [2.45, 2.75) is 13.0 Å². The van der Waals surface area contributed by atoms with E-state index < -0.39 is 5.97 Å². The molecule has 2 aromatic rings. The Bertz CT molecular complexity index is 619. The summed E-state index contributed by atoms with van der Waals surface area (Å²) < 4.78 is 6.53. The maximum Gasteiger partial charge on any atom is 0.307 e. The van der Waals surface area contributed by atoms with Gasteiger partial charge < -0.3 is 9.84 Å². The molecule has 0 atom stereocenters. The van der Waals surface area contributed by atoms with Crippen LogP contribution in [-0.2, 0) is 22.6 Å². The summed E-state index contributed by atoms with van der Waals surface area (Å²) in [6.07, 6.45) is 0.582. The number of carboxylic acids is 1. The number of aliphatic carboxylic acids is 1. The lowest BCUT2D eigenvalue weighted by molar-refractivity contribution is -0.136. The molecular formula is C13H13N3O4. The van der Waals surface area contributed by atoms with E-state index in [1.807, 2.05) is 0 Å². The van der Waals surface area contributed by atoms with Crippen molar-refractivity contribution in [3.8, 4) is 5.69 Å². The third-order valence-corrected chi connectivity index (χ3v) is 2.72. The molecule has 1 aromatic carbocycles. The molecule has 20 heavy (non-hydrogen) atoms. The molecule has 2 rings (SSSR count). The van der Waals surface area contributed by atoms with Crippen molar-refractivity contribution in [1.82, 2.24) is 15.0 Å². The van der Waals surface area contributed by atoms with Gasteiger partial charge in [0.15, 0.2) is 12.0 Å². The zero-order chi connectivity index (χ0) is 14.5. The second kappa shape index (κ2) is 6.07. The van der Waals surface area contributed by atoms with Crippen LogP contribution in [0, 0.1) is 0 Å². The number of hydrogen-bond acceptors (Lipinski definition) is 5. The van der Waals surface area contributed by atoms with Crippen molar-refractivity contribution < 1.29 is 19.4 Å². The van der Waals surface area contributed by atoms with Crippen LogP contribution in [0.1, 0.15) is 21.7 Å². The molecule has 1 N–H and O–H groups in total. The van der Waals surface area contributed by atoms with Gasteiger partial charge in [0.1, 0.15) is 5.69 Å². The van der Waals surface area contributed by atoms with Crippen LogP contribution in [0.2, 0.25) is 0 Å². The molecule has 0 saturated heterocycles. The number of hydrogen-bond donors (Lipinski definition) is 1. The van der Waals surface area contributed by atoms with Crippen LogP contribution in [0.15, 0.2) is 24.3 Å². The summed E-state index contributed by atoms with van der Waals surface area (Å²) in [5.74, 6) is -0.887. The minimum atomic E-state index is -0.887. The van der Waals surface area contributed by atoms with E-state index in [4.69, 9.17) is 9.84 Å². The highest BCUT2D eigenvalue weighted by Crippen LogP contribution is 2.14. The fourth-order valence-corrected chi connectivity index (χ4v) is 1.81. The average molecular weight is 275 g/mol. The standard InChI is InChI=1S/C13H13N3O4/c1-20-8-12-11(7-17)14-15-16(12)10-4-2-9(3-5-10)6-13(18)19/h2-5,7H,6,8H2,1H3,(H,18,19). The lowest BCUT2D eigenvalue weighted by Crippen LogP contribution is -2.05. The van der Waals surface area contributed by atoms with Crippen molar-refractivity contribution in [3.63, 3.8) is 0 Å². The lowest BCUT2D eigenvalue weighted by Gasteiger charge is -2.06. The van der Waals surface area contributed by atoms with Crippen molar-refractivity contribution in [2.24, 2.45) is 0 Å². The number of aldehydes is 1. The van der Waals surface area contributed by atoms with Crippen molar-refractivity contribution in [3.05, 3.63) is 41.2 Å². The highest BCUT2D eigenvalue weighted by molar-refractivity contribution is 5.73. The van der Waals surface area contributed by atoms with Crippen LogP contribution < -0.4 is 0 Å². The normalized spacial score (nSPS) is 10.4. The zero-order valence-electron chi connectivity index (χ0n) is 10.8. The van der Waals surface area contributed by atoms with Gasteiger partial charge in [-0.3, -0.25) is 9.59 Å². The van der Waals surface area contributed by atoms with Crippen LogP contribution in [0.4, 0.5) is 0 Å². The van der Waals surface area contributed by atoms with E-state index >= 15 is 0 Å². The molecule has 1 heterocycles. The summed E-state index contributed by atoms with van der Waals surface area (Å²) in [5.41, 5.74) is 2.15. The number of benzene rings is 1. The molecule has 7 nitrogen and oxygen atoms in total. The molecule has 0 aliphatic carbocycles. The molecule has 0 fully saturated rings. The number of carboxylic acid groups (broad SMARTS) is 1. The van der Waals surface area contributed by atoms with Crippen molar-refractivity contribution >= 4 is 12.3 Å². The second-order valence-electron chi connectivity index (χ2n) is 4.12. The van der Waals surface area contributed by atoms with Crippen molar-refractivity contribution in [2.75, 3.05) is 7.11 Å². The summed E-state index contributed by atoms with van der Waals surface area (Å²) in [7, 11) is 1.52. The highest BCUT2D eigenvalue weighted by Gasteiger charge is 2.13. The largest absolute Gasteiger partial charge is 0.481 e. The van der Waals surface area contributed by atoms with E-state index in [0.29, 0.717) is 23.2 Å². The Kier molecular flexibility index (Phi) is 4.21. The van der Waals surface area contributed by atoms with E-state index in [-0.39, 0.29) is 18.7 Å². The Morgan fingerprint density at radius 2 is 2.10 bits per heavy atom. The second-order valence-corrected chi connectivity index (χ2v) is 4.12. The number of methoxy groups -OCH3 is 1. The molecule has 0 aliphatic heterocycles. The Balaban J connectivity index is 2.33. The van der Waals surface area contributed by atoms with Gasteiger partial charge in [0.2, 0.25) is 0 Å². The molecule has 0 amide bonds. The minimum Gasteiger partial charge on any atom is -0.481 e. The fraction of sp³-hybridized carbons (Fsp3) is 0.231. The van der Waals surface area contributed by atoms with Gasteiger partial charge in [-0.15, -0.1) is 5.10 Å². The van der Waals surface area contributed by atoms with Crippen LogP contribution in [0.3, 0.4) is 0 Å². The fourth-order valence-electron chi connectivity index (χ4n) is 1.81. The highest BCUT2D eigenvalue weighted by atomic mass is 16.5. The zero-order valence-corrected chi connectivity index (χ0v) is 10.8. The topological polar surface area (TPSA) is 94.3 Å². The first-order valence-corrected chi connectivity index (χ1v) is 5.85. The van der Waals surface area contributed by atoms with E-state index in [2.05, 4.69) is 10.3 Å². The average Bonchev–Trinajstić information content (AvgIpc) is 2.82. The Hall–Kier alpha value is -2.54. The van der Waals surface area contributed by atoms with E-state index in [1.165, 1.54) is 11.8 Å². The number of nitrogens with zero attached hydrogens (tertiary/aromatic N) is 3. The molecule has 7 heteroatoms. The summed E-state index contributed by atoms with van der Waals surface area (Å²) in [6, 6.07) is 6.84. The monoisotopic (exact) mass is 275 g/mol. The number of carbonyl (C=O) groups is 2. The third kappa shape index (κ3) is 2.89. The first kappa shape index (κ1) is 13.9. The molecule has 0 aliphatic rings. The number of ether oxygens (including phenoxy) is 1. The molecule has 0 unspecified atom stereocenters. The van der Waals surface area contributed by atoms with Crippen LogP contribution >= 0.6 is 0 Å². The summed E-state index contributed by atoms with van der Waals surface area (Å²) in [4.78, 5) is 21.5. The molecule has 104 valence electrons. The van der Waals surface area contributed by atoms with E-state index in [9.17, 15) is 9.59 Å². The smallest absolute Gasteiger partial charge is 0.307 e. The van der Waals surface area contributed by atoms with Crippen LogP contribution in [-0.4, -0.2) is 39.5 Å². The summed E-state index contributed by atoms with van der Waals surface area (Å²) >= 11 is 0. The molecular weight excluding hydrogens is 262 g/mol. The Morgan fingerprint density at radius 1 is 1.40 bits per heavy atom. The van der Waals surface area contributed by atoms with Crippen LogP contribution in [0.5, 0.6) is 0 Å². The maximum absolute atomic E-state index is 10.9. The molecule has 0 spiro atoms. The molecule has 0 bridgehead atoms. The van der Waals surface area contributed by atoms with Gasteiger partial charge in [-0.05, 0) is 17.7 Å². The van der Waals surface area contributed by atoms with Gasteiger partial charge in [-0.2, -0.15) is 0 Å². The molecule has 1 aromatic heterocycles. The summed E-state index contributed by atoms with van der Waals surface area (Å²) in [5, 5.41) is 16.4.